The molecule has 8 nitrogen and oxygen atoms in total. The zero-order valence-electron chi connectivity index (χ0n) is 20.3. The molecule has 0 saturated heterocycles. The topological polar surface area (TPSA) is 110 Å². The van der Waals surface area contributed by atoms with Crippen molar-refractivity contribution in [1.29, 1.82) is 0 Å². The van der Waals surface area contributed by atoms with Crippen LogP contribution >= 0.6 is 0 Å². The Kier molecular flexibility index (Phi) is 8.00. The molecule has 1 heterocycles. The number of furan rings is 1. The monoisotopic (exact) mass is 498 g/mol. The van der Waals surface area contributed by atoms with Crippen molar-refractivity contribution in [2.45, 2.75) is 20.0 Å². The number of hydrazone groups is 1. The number of carbonyl (C=O) groups excluding carboxylic acids is 1. The highest BCUT2D eigenvalue weighted by molar-refractivity contribution is 5.96. The van der Waals surface area contributed by atoms with Gasteiger partial charge in [0.25, 0.3) is 0 Å². The quantitative estimate of drug-likeness (QED) is 0.158. The molecule has 1 aromatic heterocycles. The van der Waals surface area contributed by atoms with Gasteiger partial charge in [0.1, 0.15) is 12.2 Å². The number of para-hydroxylation sites is 1. The Balaban J connectivity index is 1.51. The van der Waals surface area contributed by atoms with Crippen LogP contribution in [0.4, 0.5) is 0 Å². The summed E-state index contributed by atoms with van der Waals surface area (Å²) in [7, 11) is 0. The van der Waals surface area contributed by atoms with E-state index in [9.17, 15) is 9.59 Å². The number of ether oxygens (including phenoxy) is 2. The number of allylic oxidation sites excluding steroid dienone is 1. The summed E-state index contributed by atoms with van der Waals surface area (Å²) < 4.78 is 17.5. The number of fused-ring (bicyclic) bond motifs is 1. The smallest absolute Gasteiger partial charge is 0.335 e. The fourth-order valence-corrected chi connectivity index (χ4v) is 3.71. The van der Waals surface area contributed by atoms with Gasteiger partial charge in [0.15, 0.2) is 17.3 Å². The second-order valence-corrected chi connectivity index (χ2v) is 8.07. The highest BCUT2D eigenvalue weighted by Crippen LogP contribution is 2.34. The molecule has 0 spiro atoms. The minimum Gasteiger partial charge on any atom is -0.490 e. The van der Waals surface area contributed by atoms with Crippen LogP contribution in [0, 0.1) is 0 Å². The van der Waals surface area contributed by atoms with Crippen LogP contribution in [0.2, 0.25) is 0 Å². The van der Waals surface area contributed by atoms with Crippen molar-refractivity contribution in [3.05, 3.63) is 107 Å². The molecule has 0 aliphatic rings. The van der Waals surface area contributed by atoms with Crippen LogP contribution in [-0.4, -0.2) is 29.8 Å². The number of hydrogen-bond donors (Lipinski definition) is 2. The van der Waals surface area contributed by atoms with Gasteiger partial charge in [-0.3, -0.25) is 4.79 Å². The summed E-state index contributed by atoms with van der Waals surface area (Å²) in [6.45, 7) is 6.35. The molecule has 8 heteroatoms. The SMILES string of the molecule is C=CCc1cc(/C=N/NC(=O)c2cc3ccccc3o2)cc(OCC)c1OCc1ccc(C(=O)O)cc1. The second kappa shape index (κ2) is 11.7. The average molecular weight is 499 g/mol. The largest absolute Gasteiger partial charge is 0.490 e. The van der Waals surface area contributed by atoms with Crippen LogP contribution in [0.25, 0.3) is 11.0 Å². The zero-order chi connectivity index (χ0) is 26.2. The number of carboxylic acid groups (broad SMARTS) is 1. The highest BCUT2D eigenvalue weighted by Gasteiger charge is 2.14. The Bertz CT molecular complexity index is 1420. The molecule has 0 aliphatic heterocycles. The first-order chi connectivity index (χ1) is 18.0. The third kappa shape index (κ3) is 6.24. The highest BCUT2D eigenvalue weighted by atomic mass is 16.5. The standard InChI is InChI=1S/C29H26N2O6/c1-3-7-23-14-20(17-30-31-28(32)26-16-22-8-5-6-9-24(22)37-26)15-25(35-4-2)27(23)36-18-19-10-12-21(13-11-19)29(33)34/h3,5-6,8-17H,1,4,7,18H2,2H3,(H,31,32)(H,33,34)/b30-17+. The van der Waals surface area contributed by atoms with Crippen molar-refractivity contribution in [1.82, 2.24) is 5.43 Å². The van der Waals surface area contributed by atoms with Gasteiger partial charge in [0.2, 0.25) is 0 Å². The first-order valence-electron chi connectivity index (χ1n) is 11.7. The third-order valence-electron chi connectivity index (χ3n) is 5.43. The molecule has 0 fully saturated rings. The number of amides is 1. The summed E-state index contributed by atoms with van der Waals surface area (Å²) in [4.78, 5) is 23.5. The maximum absolute atomic E-state index is 12.5. The second-order valence-electron chi connectivity index (χ2n) is 8.07. The lowest BCUT2D eigenvalue weighted by atomic mass is 10.1. The van der Waals surface area contributed by atoms with Gasteiger partial charge in [-0.25, -0.2) is 10.2 Å². The molecule has 0 radical (unpaired) electrons. The molecule has 1 amide bonds. The first-order valence-corrected chi connectivity index (χ1v) is 11.7. The molecule has 0 bridgehead atoms. The Morgan fingerprint density at radius 2 is 1.86 bits per heavy atom. The lowest BCUT2D eigenvalue weighted by Gasteiger charge is -2.17. The first kappa shape index (κ1) is 25.2. The summed E-state index contributed by atoms with van der Waals surface area (Å²) in [5, 5.41) is 14.0. The van der Waals surface area contributed by atoms with Gasteiger partial charge in [-0.2, -0.15) is 5.10 Å². The molecule has 0 aliphatic carbocycles. The molecule has 0 unspecified atom stereocenters. The predicted octanol–water partition coefficient (Wildman–Crippen LogP) is 5.60. The van der Waals surface area contributed by atoms with Crippen LogP contribution in [-0.2, 0) is 13.0 Å². The molecule has 0 atom stereocenters. The molecular formula is C29H26N2O6. The molecule has 188 valence electrons. The summed E-state index contributed by atoms with van der Waals surface area (Å²) >= 11 is 0. The number of carbonyl (C=O) groups is 2. The Hall–Kier alpha value is -4.85. The van der Waals surface area contributed by atoms with Crippen molar-refractivity contribution in [3.8, 4) is 11.5 Å². The number of aromatic carboxylic acids is 1. The van der Waals surface area contributed by atoms with Gasteiger partial charge in [0.05, 0.1) is 18.4 Å². The summed E-state index contributed by atoms with van der Waals surface area (Å²) in [6.07, 6.45) is 3.79. The molecule has 3 aromatic carbocycles. The van der Waals surface area contributed by atoms with E-state index in [4.69, 9.17) is 19.0 Å². The molecule has 4 aromatic rings. The van der Waals surface area contributed by atoms with Crippen LogP contribution in [0.3, 0.4) is 0 Å². The predicted molar refractivity (Wildman–Crippen MR) is 141 cm³/mol. The van der Waals surface area contributed by atoms with Crippen LogP contribution < -0.4 is 14.9 Å². The van der Waals surface area contributed by atoms with Gasteiger partial charge < -0.3 is 19.0 Å². The number of nitrogens with one attached hydrogen (secondary N) is 1. The van der Waals surface area contributed by atoms with Gasteiger partial charge in [-0.1, -0.05) is 36.4 Å². The lowest BCUT2D eigenvalue weighted by Crippen LogP contribution is -2.16. The van der Waals surface area contributed by atoms with Crippen molar-refractivity contribution in [2.75, 3.05) is 6.61 Å². The van der Waals surface area contributed by atoms with E-state index < -0.39 is 11.9 Å². The number of benzene rings is 3. The van der Waals surface area contributed by atoms with Gasteiger partial charge >= 0.3 is 11.9 Å². The maximum atomic E-state index is 12.5. The van der Waals surface area contributed by atoms with Crippen LogP contribution in [0.5, 0.6) is 11.5 Å². The number of hydrogen-bond acceptors (Lipinski definition) is 6. The third-order valence-corrected chi connectivity index (χ3v) is 5.43. The van der Waals surface area contributed by atoms with E-state index in [0.29, 0.717) is 35.7 Å². The maximum Gasteiger partial charge on any atom is 0.335 e. The van der Waals surface area contributed by atoms with E-state index in [1.807, 2.05) is 31.2 Å². The minimum absolute atomic E-state index is 0.167. The van der Waals surface area contributed by atoms with E-state index >= 15 is 0 Å². The number of carboxylic acids is 1. The Morgan fingerprint density at radius 3 is 2.57 bits per heavy atom. The average Bonchev–Trinajstić information content (AvgIpc) is 3.33. The Labute approximate surface area is 213 Å². The molecule has 4 rings (SSSR count). The van der Waals surface area contributed by atoms with Crippen LogP contribution in [0.1, 0.15) is 44.5 Å². The van der Waals surface area contributed by atoms with Gasteiger partial charge in [0, 0.05) is 10.9 Å². The van der Waals surface area contributed by atoms with Gasteiger partial charge in [-0.15, -0.1) is 6.58 Å². The van der Waals surface area contributed by atoms with E-state index in [1.165, 1.54) is 18.3 Å². The number of nitrogens with zero attached hydrogens (tertiary/aromatic N) is 1. The normalized spacial score (nSPS) is 10.9. The summed E-state index contributed by atoms with van der Waals surface area (Å²) in [5.74, 6) is -0.189. The van der Waals surface area contributed by atoms with Crippen molar-refractivity contribution < 1.29 is 28.6 Å². The van der Waals surface area contributed by atoms with E-state index in [-0.39, 0.29) is 17.9 Å². The minimum atomic E-state index is -0.981. The molecule has 37 heavy (non-hydrogen) atoms. The number of rotatable bonds is 11. The molecular weight excluding hydrogens is 472 g/mol. The molecule has 0 saturated carbocycles. The fourth-order valence-electron chi connectivity index (χ4n) is 3.71. The summed E-state index contributed by atoms with van der Waals surface area (Å²) in [6, 6.07) is 19.2. The van der Waals surface area contributed by atoms with Crippen molar-refractivity contribution in [3.63, 3.8) is 0 Å². The van der Waals surface area contributed by atoms with Gasteiger partial charge in [-0.05, 0) is 60.9 Å². The van der Waals surface area contributed by atoms with E-state index in [0.717, 1.165) is 16.5 Å². The summed E-state index contributed by atoms with van der Waals surface area (Å²) in [5.41, 5.74) is 5.66. The lowest BCUT2D eigenvalue weighted by molar-refractivity contribution is 0.0696. The fraction of sp³-hybridized carbons (Fsp3) is 0.138. The Morgan fingerprint density at radius 1 is 1.08 bits per heavy atom. The van der Waals surface area contributed by atoms with Crippen molar-refractivity contribution in [2.24, 2.45) is 5.10 Å². The van der Waals surface area contributed by atoms with E-state index in [1.54, 1.807) is 36.4 Å². The van der Waals surface area contributed by atoms with Crippen LogP contribution in [0.15, 0.2) is 88.9 Å². The van der Waals surface area contributed by atoms with E-state index in [2.05, 4.69) is 17.1 Å². The molecule has 2 N–H and O–H groups in total. The van der Waals surface area contributed by atoms with Crippen molar-refractivity contribution >= 4 is 29.1 Å². The zero-order valence-corrected chi connectivity index (χ0v) is 20.3.